The molecule has 1 amide bonds. The summed E-state index contributed by atoms with van der Waals surface area (Å²) in [5.74, 6) is 1.40. The van der Waals surface area contributed by atoms with Gasteiger partial charge in [0.05, 0.1) is 17.3 Å². The summed E-state index contributed by atoms with van der Waals surface area (Å²) in [6.07, 6.45) is 5.20. The van der Waals surface area contributed by atoms with Crippen molar-refractivity contribution in [1.82, 2.24) is 10.2 Å². The Bertz CT molecular complexity index is 1090. The molecule has 3 heterocycles. The first-order valence-corrected chi connectivity index (χ1v) is 13.6. The van der Waals surface area contributed by atoms with E-state index >= 15 is 0 Å². The number of carbonyl (C=O) groups is 1. The molecule has 5 rings (SSSR count). The summed E-state index contributed by atoms with van der Waals surface area (Å²) in [4.78, 5) is 22.1. The van der Waals surface area contributed by atoms with Crippen molar-refractivity contribution in [2.45, 2.75) is 64.1 Å². The molecule has 1 saturated carbocycles. The molecule has 4 N–H and O–H groups in total. The Labute approximate surface area is 219 Å². The number of nitrogens with zero attached hydrogens (tertiary/aromatic N) is 3. The lowest BCUT2D eigenvalue weighted by molar-refractivity contribution is -0.114. The van der Waals surface area contributed by atoms with E-state index in [0.29, 0.717) is 29.9 Å². The van der Waals surface area contributed by atoms with Gasteiger partial charge in [-0.05, 0) is 56.7 Å². The van der Waals surface area contributed by atoms with E-state index < -0.39 is 5.91 Å². The fourth-order valence-electron chi connectivity index (χ4n) is 5.23. The molecule has 1 aromatic rings. The molecule has 1 aromatic carbocycles. The molecule has 0 unspecified atom stereocenters. The van der Waals surface area contributed by atoms with E-state index in [9.17, 15) is 4.79 Å². The lowest BCUT2D eigenvalue weighted by Crippen LogP contribution is -2.57. The van der Waals surface area contributed by atoms with Crippen LogP contribution in [0.25, 0.3) is 0 Å². The first-order chi connectivity index (χ1) is 17.9. The normalized spacial score (nSPS) is 23.4. The molecule has 9 heteroatoms. The zero-order valence-electron chi connectivity index (χ0n) is 22.1. The van der Waals surface area contributed by atoms with Gasteiger partial charge in [0, 0.05) is 56.7 Å². The minimum absolute atomic E-state index is 0.247. The van der Waals surface area contributed by atoms with Gasteiger partial charge in [-0.1, -0.05) is 13.5 Å². The SMILES string of the molecule is C=C(CC)/C(=N\C(Nc1ccc2c(c1)OC[C@H]1CN(C3CC3)CCN21)=C(/C)C(N)=O)NC1CCOCC1. The highest BCUT2D eigenvalue weighted by atomic mass is 16.5. The first kappa shape index (κ1) is 25.6. The molecule has 0 spiro atoms. The summed E-state index contributed by atoms with van der Waals surface area (Å²) in [5.41, 5.74) is 8.82. The van der Waals surface area contributed by atoms with E-state index in [-0.39, 0.29) is 6.04 Å². The van der Waals surface area contributed by atoms with Crippen LogP contribution in [0.5, 0.6) is 5.75 Å². The number of anilines is 2. The molecule has 37 heavy (non-hydrogen) atoms. The largest absolute Gasteiger partial charge is 0.489 e. The molecule has 2 saturated heterocycles. The van der Waals surface area contributed by atoms with Crippen LogP contribution in [-0.2, 0) is 9.53 Å². The van der Waals surface area contributed by atoms with Crippen molar-refractivity contribution in [2.24, 2.45) is 10.7 Å². The minimum atomic E-state index is -0.524. The number of piperazine rings is 1. The summed E-state index contributed by atoms with van der Waals surface area (Å²) in [6, 6.07) is 7.52. The average molecular weight is 509 g/mol. The monoisotopic (exact) mass is 508 g/mol. The fraction of sp³-hybridized carbons (Fsp3) is 0.571. The Kier molecular flexibility index (Phi) is 7.71. The lowest BCUT2D eigenvalue weighted by Gasteiger charge is -2.45. The number of primary amides is 1. The maximum Gasteiger partial charge on any atom is 0.248 e. The van der Waals surface area contributed by atoms with Gasteiger partial charge in [-0.15, -0.1) is 0 Å². The molecular weight excluding hydrogens is 468 g/mol. The van der Waals surface area contributed by atoms with Gasteiger partial charge in [0.15, 0.2) is 0 Å². The van der Waals surface area contributed by atoms with Crippen LogP contribution in [0.15, 0.2) is 46.7 Å². The van der Waals surface area contributed by atoms with E-state index in [1.807, 2.05) is 19.1 Å². The van der Waals surface area contributed by atoms with E-state index in [1.54, 1.807) is 6.92 Å². The molecule has 4 aliphatic rings. The third-order valence-corrected chi connectivity index (χ3v) is 7.81. The van der Waals surface area contributed by atoms with E-state index in [4.69, 9.17) is 20.2 Å². The summed E-state index contributed by atoms with van der Waals surface area (Å²) < 4.78 is 11.7. The van der Waals surface area contributed by atoms with Crippen molar-refractivity contribution in [3.8, 4) is 5.75 Å². The average Bonchev–Trinajstić information content (AvgIpc) is 3.77. The second kappa shape index (κ2) is 11.1. The highest BCUT2D eigenvalue weighted by Crippen LogP contribution is 2.39. The molecule has 1 atom stereocenters. The van der Waals surface area contributed by atoms with Crippen molar-refractivity contribution < 1.29 is 14.3 Å². The number of benzene rings is 1. The lowest BCUT2D eigenvalue weighted by atomic mass is 10.1. The number of amides is 1. The number of nitrogens with one attached hydrogen (secondary N) is 2. The second-order valence-corrected chi connectivity index (χ2v) is 10.5. The minimum Gasteiger partial charge on any atom is -0.489 e. The number of nitrogens with two attached hydrogens (primary N) is 1. The van der Waals surface area contributed by atoms with Gasteiger partial charge in [-0.2, -0.15) is 0 Å². The summed E-state index contributed by atoms with van der Waals surface area (Å²) >= 11 is 0. The number of amidine groups is 1. The number of rotatable bonds is 8. The smallest absolute Gasteiger partial charge is 0.248 e. The van der Waals surface area contributed by atoms with Crippen LogP contribution in [0.1, 0.15) is 46.0 Å². The van der Waals surface area contributed by atoms with Crippen LogP contribution in [0.3, 0.4) is 0 Å². The van der Waals surface area contributed by atoms with Crippen LogP contribution in [0.2, 0.25) is 0 Å². The Balaban J connectivity index is 1.36. The standard InChI is InChI=1S/C28H40N6O3/c1-4-18(2)27(30-20-9-13-36-14-10-20)32-28(19(3)26(29)35)31-21-5-8-24-25(15-21)37-17-23-16-33(22-6-7-22)11-12-34(23)24/h5,8,15,20,22-23,31H,2,4,6-7,9-14,16-17H2,1,3H3,(H2,29,35)(H,30,32)/b28-19+/t23-/m1/s1. The highest BCUT2D eigenvalue weighted by Gasteiger charge is 2.38. The number of ether oxygens (including phenoxy) is 2. The predicted octanol–water partition coefficient (Wildman–Crippen LogP) is 2.99. The summed E-state index contributed by atoms with van der Waals surface area (Å²) in [7, 11) is 0. The Morgan fingerprint density at radius 1 is 1.19 bits per heavy atom. The van der Waals surface area contributed by atoms with Gasteiger partial charge in [-0.25, -0.2) is 4.99 Å². The van der Waals surface area contributed by atoms with E-state index in [1.165, 1.54) is 12.8 Å². The molecule has 3 fully saturated rings. The van der Waals surface area contributed by atoms with E-state index in [2.05, 4.69) is 33.1 Å². The van der Waals surface area contributed by atoms with Crippen LogP contribution in [0, 0.1) is 0 Å². The third-order valence-electron chi connectivity index (χ3n) is 7.81. The highest BCUT2D eigenvalue weighted by molar-refractivity contribution is 6.00. The molecule has 0 radical (unpaired) electrons. The van der Waals surface area contributed by atoms with E-state index in [0.717, 1.165) is 80.8 Å². The number of hydrogen-bond acceptors (Lipinski definition) is 7. The maximum atomic E-state index is 12.2. The van der Waals surface area contributed by atoms with Gasteiger partial charge in [0.25, 0.3) is 0 Å². The number of carbonyl (C=O) groups excluding carboxylic acids is 1. The second-order valence-electron chi connectivity index (χ2n) is 10.5. The number of aliphatic imine (C=N–C) groups is 1. The Morgan fingerprint density at radius 3 is 2.68 bits per heavy atom. The van der Waals surface area contributed by atoms with Gasteiger partial charge in [0.1, 0.15) is 24.0 Å². The van der Waals surface area contributed by atoms with Crippen molar-refractivity contribution in [2.75, 3.05) is 49.7 Å². The van der Waals surface area contributed by atoms with Gasteiger partial charge in [-0.3, -0.25) is 9.69 Å². The number of fused-ring (bicyclic) bond motifs is 3. The third kappa shape index (κ3) is 5.93. The van der Waals surface area contributed by atoms with Crippen molar-refractivity contribution in [3.63, 3.8) is 0 Å². The fourth-order valence-corrected chi connectivity index (χ4v) is 5.23. The zero-order chi connectivity index (χ0) is 25.9. The quantitative estimate of drug-likeness (QED) is 0.282. The molecular formula is C28H40N6O3. The molecule has 1 aliphatic carbocycles. The molecule has 0 aromatic heterocycles. The van der Waals surface area contributed by atoms with Gasteiger partial charge in [0.2, 0.25) is 5.91 Å². The first-order valence-electron chi connectivity index (χ1n) is 13.6. The molecule has 3 aliphatic heterocycles. The Hall–Kier alpha value is -3.04. The summed E-state index contributed by atoms with van der Waals surface area (Å²) in [6.45, 7) is 13.2. The molecule has 9 nitrogen and oxygen atoms in total. The predicted molar refractivity (Wildman–Crippen MR) is 147 cm³/mol. The van der Waals surface area contributed by atoms with Crippen LogP contribution in [-0.4, -0.2) is 74.2 Å². The van der Waals surface area contributed by atoms with Crippen molar-refractivity contribution in [3.05, 3.63) is 41.7 Å². The van der Waals surface area contributed by atoms with Crippen LogP contribution < -0.4 is 26.0 Å². The van der Waals surface area contributed by atoms with Crippen molar-refractivity contribution >= 4 is 23.1 Å². The number of hydrogen-bond donors (Lipinski definition) is 3. The zero-order valence-corrected chi connectivity index (χ0v) is 22.1. The van der Waals surface area contributed by atoms with Gasteiger partial charge < -0.3 is 30.7 Å². The maximum absolute atomic E-state index is 12.2. The topological polar surface area (TPSA) is 104 Å². The van der Waals surface area contributed by atoms with Crippen LogP contribution >= 0.6 is 0 Å². The molecule has 200 valence electrons. The molecule has 0 bridgehead atoms. The summed E-state index contributed by atoms with van der Waals surface area (Å²) in [5, 5.41) is 6.86. The van der Waals surface area contributed by atoms with Gasteiger partial charge >= 0.3 is 0 Å². The Morgan fingerprint density at radius 2 is 1.97 bits per heavy atom. The van der Waals surface area contributed by atoms with Crippen molar-refractivity contribution in [1.29, 1.82) is 0 Å². The van der Waals surface area contributed by atoms with Crippen LogP contribution in [0.4, 0.5) is 11.4 Å².